The van der Waals surface area contributed by atoms with E-state index in [9.17, 15) is 4.79 Å². The largest absolute Gasteiger partial charge is 0.485 e. The molecule has 2 aromatic heterocycles. The van der Waals surface area contributed by atoms with E-state index < -0.39 is 5.91 Å². The molecule has 7 heteroatoms. The molecule has 0 aliphatic heterocycles. The van der Waals surface area contributed by atoms with Gasteiger partial charge < -0.3 is 9.15 Å². The van der Waals surface area contributed by atoms with Crippen molar-refractivity contribution in [2.24, 2.45) is 0 Å². The number of hydrogen-bond donors (Lipinski definition) is 1. The molecule has 0 unspecified atom stereocenters. The molecule has 4 aromatic rings. The number of aromatic nitrogens is 3. The van der Waals surface area contributed by atoms with Crippen LogP contribution in [0.2, 0.25) is 0 Å². The quantitative estimate of drug-likeness (QED) is 0.388. The highest BCUT2D eigenvalue weighted by Gasteiger charge is 2.14. The molecule has 7 nitrogen and oxygen atoms in total. The highest BCUT2D eigenvalue weighted by Crippen LogP contribution is 2.21. The van der Waals surface area contributed by atoms with Gasteiger partial charge in [0, 0.05) is 0 Å². The molecule has 1 N–H and O–H groups in total. The maximum atomic E-state index is 12.5. The zero-order valence-electron chi connectivity index (χ0n) is 17.8. The summed E-state index contributed by atoms with van der Waals surface area (Å²) in [5, 5.41) is 6.96. The SMILES string of the molecule is C=CCc1ccccc1OCc1ccc(C(=O)Nc2ncn(Cc3ccc(C)cc3)n2)o1. The number of allylic oxidation sites excluding steroid dienone is 1. The summed E-state index contributed by atoms with van der Waals surface area (Å²) in [5.74, 6) is 1.27. The first-order valence-electron chi connectivity index (χ1n) is 10.3. The standard InChI is InChI=1S/C25H24N4O3/c1-3-6-20-7-4-5-8-22(20)31-16-21-13-14-23(32-21)24(30)27-25-26-17-29(28-25)15-19-11-9-18(2)10-12-19/h3-5,7-14,17H,1,6,15-16H2,2H3,(H,27,28,30). The molecule has 1 amide bonds. The van der Waals surface area contributed by atoms with Crippen LogP contribution in [-0.2, 0) is 19.6 Å². The van der Waals surface area contributed by atoms with E-state index in [1.807, 2.05) is 61.5 Å². The molecule has 0 fully saturated rings. The van der Waals surface area contributed by atoms with Crippen molar-refractivity contribution in [1.82, 2.24) is 14.8 Å². The van der Waals surface area contributed by atoms with E-state index in [1.165, 1.54) is 5.56 Å². The van der Waals surface area contributed by atoms with Crippen molar-refractivity contribution in [1.29, 1.82) is 0 Å². The van der Waals surface area contributed by atoms with Gasteiger partial charge in [-0.25, -0.2) is 9.67 Å². The lowest BCUT2D eigenvalue weighted by Gasteiger charge is -2.08. The van der Waals surface area contributed by atoms with Gasteiger partial charge >= 0.3 is 0 Å². The van der Waals surface area contributed by atoms with Gasteiger partial charge in [0.15, 0.2) is 5.76 Å². The first-order chi connectivity index (χ1) is 15.6. The monoisotopic (exact) mass is 428 g/mol. The molecule has 0 aliphatic rings. The number of aryl methyl sites for hydroxylation is 1. The minimum atomic E-state index is -0.420. The van der Waals surface area contributed by atoms with Gasteiger partial charge in [-0.05, 0) is 42.7 Å². The summed E-state index contributed by atoms with van der Waals surface area (Å²) in [6, 6.07) is 19.2. The molecule has 32 heavy (non-hydrogen) atoms. The summed E-state index contributed by atoms with van der Waals surface area (Å²) in [5.41, 5.74) is 3.34. The van der Waals surface area contributed by atoms with Crippen LogP contribution in [0, 0.1) is 6.92 Å². The number of benzene rings is 2. The Labute approximate surface area is 186 Å². The van der Waals surface area contributed by atoms with Gasteiger partial charge in [0.25, 0.3) is 5.91 Å². The molecule has 0 bridgehead atoms. The molecule has 2 heterocycles. The summed E-state index contributed by atoms with van der Waals surface area (Å²) in [7, 11) is 0. The molecule has 0 aliphatic carbocycles. The summed E-state index contributed by atoms with van der Waals surface area (Å²) < 4.78 is 13.2. The molecule has 2 aromatic carbocycles. The fourth-order valence-electron chi connectivity index (χ4n) is 3.17. The van der Waals surface area contributed by atoms with Gasteiger partial charge in [0.1, 0.15) is 24.4 Å². The van der Waals surface area contributed by atoms with Crippen LogP contribution in [0.15, 0.2) is 84.1 Å². The average molecular weight is 428 g/mol. The Morgan fingerprint density at radius 2 is 1.97 bits per heavy atom. The number of carbonyl (C=O) groups excluding carboxylic acids is 1. The second-order valence-electron chi connectivity index (χ2n) is 7.36. The van der Waals surface area contributed by atoms with Gasteiger partial charge in [0.2, 0.25) is 5.95 Å². The van der Waals surface area contributed by atoms with E-state index in [-0.39, 0.29) is 18.3 Å². The first-order valence-corrected chi connectivity index (χ1v) is 10.3. The number of nitrogens with one attached hydrogen (secondary N) is 1. The Morgan fingerprint density at radius 3 is 2.78 bits per heavy atom. The maximum absolute atomic E-state index is 12.5. The number of furan rings is 1. The van der Waals surface area contributed by atoms with Crippen molar-refractivity contribution in [3.05, 3.63) is 108 Å². The van der Waals surface area contributed by atoms with E-state index in [1.54, 1.807) is 23.1 Å². The Balaban J connectivity index is 1.33. The smallest absolute Gasteiger partial charge is 0.293 e. The second-order valence-corrected chi connectivity index (χ2v) is 7.36. The van der Waals surface area contributed by atoms with Gasteiger partial charge in [0.05, 0.1) is 6.54 Å². The number of ether oxygens (including phenoxy) is 1. The third-order valence-electron chi connectivity index (χ3n) is 4.82. The number of carbonyl (C=O) groups is 1. The third-order valence-corrected chi connectivity index (χ3v) is 4.82. The van der Waals surface area contributed by atoms with Crippen molar-refractivity contribution in [3.63, 3.8) is 0 Å². The first kappa shape index (κ1) is 21.1. The van der Waals surface area contributed by atoms with Crippen LogP contribution in [0.5, 0.6) is 5.75 Å². The van der Waals surface area contributed by atoms with Crippen molar-refractivity contribution in [2.75, 3.05) is 5.32 Å². The minimum absolute atomic E-state index is 0.165. The highest BCUT2D eigenvalue weighted by molar-refractivity contribution is 6.01. The summed E-state index contributed by atoms with van der Waals surface area (Å²) in [4.78, 5) is 16.7. The molecule has 0 radical (unpaired) electrons. The van der Waals surface area contributed by atoms with E-state index >= 15 is 0 Å². The second kappa shape index (κ2) is 9.78. The number of nitrogens with zero attached hydrogens (tertiary/aromatic N) is 3. The summed E-state index contributed by atoms with van der Waals surface area (Å²) in [6.07, 6.45) is 4.12. The predicted molar refractivity (Wildman–Crippen MR) is 122 cm³/mol. The molecule has 0 spiro atoms. The van der Waals surface area contributed by atoms with Crippen LogP contribution >= 0.6 is 0 Å². The van der Waals surface area contributed by atoms with Gasteiger partial charge in [-0.2, -0.15) is 0 Å². The minimum Gasteiger partial charge on any atom is -0.485 e. The van der Waals surface area contributed by atoms with Crippen LogP contribution in [0.4, 0.5) is 5.95 Å². The molecule has 4 rings (SSSR count). The topological polar surface area (TPSA) is 82.2 Å². The number of anilines is 1. The molecular weight excluding hydrogens is 404 g/mol. The van der Waals surface area contributed by atoms with E-state index in [0.717, 1.165) is 16.9 Å². The zero-order valence-corrected chi connectivity index (χ0v) is 17.8. The molecule has 0 atom stereocenters. The Kier molecular flexibility index (Phi) is 6.46. The molecule has 0 saturated heterocycles. The van der Waals surface area contributed by atoms with E-state index in [4.69, 9.17) is 9.15 Å². The molecule has 162 valence electrons. The van der Waals surface area contributed by atoms with Crippen molar-refractivity contribution < 1.29 is 13.9 Å². The molecular formula is C25H24N4O3. The van der Waals surface area contributed by atoms with Gasteiger partial charge in [-0.3, -0.25) is 10.1 Å². The fourth-order valence-corrected chi connectivity index (χ4v) is 3.17. The maximum Gasteiger partial charge on any atom is 0.293 e. The van der Waals surface area contributed by atoms with Crippen molar-refractivity contribution >= 4 is 11.9 Å². The van der Waals surface area contributed by atoms with Crippen LogP contribution in [0.1, 0.15) is 33.0 Å². The normalized spacial score (nSPS) is 10.7. The van der Waals surface area contributed by atoms with Crippen molar-refractivity contribution in [3.8, 4) is 5.75 Å². The number of rotatable bonds is 9. The highest BCUT2D eigenvalue weighted by atomic mass is 16.5. The van der Waals surface area contributed by atoms with Gasteiger partial charge in [-0.15, -0.1) is 11.7 Å². The van der Waals surface area contributed by atoms with Crippen LogP contribution in [0.25, 0.3) is 0 Å². The molecule has 0 saturated carbocycles. The lowest BCUT2D eigenvalue weighted by atomic mass is 10.1. The van der Waals surface area contributed by atoms with Crippen LogP contribution in [-0.4, -0.2) is 20.7 Å². The van der Waals surface area contributed by atoms with E-state index in [2.05, 4.69) is 22.0 Å². The zero-order chi connectivity index (χ0) is 22.3. The number of amides is 1. The Hall–Kier alpha value is -4.13. The average Bonchev–Trinajstić information content (AvgIpc) is 3.45. The summed E-state index contributed by atoms with van der Waals surface area (Å²) in [6.45, 7) is 6.59. The lowest BCUT2D eigenvalue weighted by molar-refractivity contribution is 0.0991. The van der Waals surface area contributed by atoms with Crippen LogP contribution < -0.4 is 10.1 Å². The predicted octanol–water partition coefficient (Wildman–Crippen LogP) is 4.79. The Bertz CT molecular complexity index is 1210. The third kappa shape index (κ3) is 5.31. The van der Waals surface area contributed by atoms with Gasteiger partial charge in [-0.1, -0.05) is 54.1 Å². The van der Waals surface area contributed by atoms with E-state index in [0.29, 0.717) is 18.7 Å². The number of para-hydroxylation sites is 1. The lowest BCUT2D eigenvalue weighted by Crippen LogP contribution is -2.12. The van der Waals surface area contributed by atoms with Crippen LogP contribution in [0.3, 0.4) is 0 Å². The Morgan fingerprint density at radius 1 is 1.16 bits per heavy atom. The summed E-state index contributed by atoms with van der Waals surface area (Å²) >= 11 is 0. The van der Waals surface area contributed by atoms with Crippen molar-refractivity contribution in [2.45, 2.75) is 26.5 Å². The number of hydrogen-bond acceptors (Lipinski definition) is 5. The fraction of sp³-hybridized carbons (Fsp3) is 0.160.